The van der Waals surface area contributed by atoms with Gasteiger partial charge in [-0.25, -0.2) is 0 Å². The molecule has 0 bridgehead atoms. The quantitative estimate of drug-likeness (QED) is 0.786. The molecule has 86 valence electrons. The van der Waals surface area contributed by atoms with Crippen LogP contribution in [0.4, 0.5) is 0 Å². The lowest BCUT2D eigenvalue weighted by atomic mass is 10.0. The predicted octanol–water partition coefficient (Wildman–Crippen LogP) is 2.37. The SMILES string of the molecule is CCC(O)(CC)CSc1cc(C)nn1C. The lowest BCUT2D eigenvalue weighted by Crippen LogP contribution is -2.29. The van der Waals surface area contributed by atoms with Crippen molar-refractivity contribution in [3.05, 3.63) is 11.8 Å². The fraction of sp³-hybridized carbons (Fsp3) is 0.727. The first-order chi connectivity index (χ1) is 7.00. The van der Waals surface area contributed by atoms with E-state index < -0.39 is 5.60 Å². The van der Waals surface area contributed by atoms with Crippen molar-refractivity contribution in [1.29, 1.82) is 0 Å². The van der Waals surface area contributed by atoms with Crippen LogP contribution in [-0.4, -0.2) is 26.2 Å². The Kier molecular flexibility index (Phi) is 4.22. The fourth-order valence-electron chi connectivity index (χ4n) is 1.38. The summed E-state index contributed by atoms with van der Waals surface area (Å²) in [5.74, 6) is 0.735. The van der Waals surface area contributed by atoms with Crippen LogP contribution < -0.4 is 0 Å². The van der Waals surface area contributed by atoms with E-state index in [0.717, 1.165) is 29.3 Å². The van der Waals surface area contributed by atoms with Crippen molar-refractivity contribution >= 4 is 11.8 Å². The molecule has 3 nitrogen and oxygen atoms in total. The molecule has 1 heterocycles. The van der Waals surface area contributed by atoms with E-state index in [1.54, 1.807) is 11.8 Å². The maximum Gasteiger partial charge on any atom is 0.0940 e. The minimum absolute atomic E-state index is 0.539. The van der Waals surface area contributed by atoms with Crippen molar-refractivity contribution in [2.75, 3.05) is 5.75 Å². The van der Waals surface area contributed by atoms with Crippen LogP contribution >= 0.6 is 11.8 Å². The summed E-state index contributed by atoms with van der Waals surface area (Å²) in [7, 11) is 1.94. The van der Waals surface area contributed by atoms with Crippen molar-refractivity contribution < 1.29 is 5.11 Å². The van der Waals surface area contributed by atoms with Gasteiger partial charge in [0.1, 0.15) is 0 Å². The molecular formula is C11H20N2OS. The Morgan fingerprint density at radius 3 is 2.47 bits per heavy atom. The summed E-state index contributed by atoms with van der Waals surface area (Å²) in [6.07, 6.45) is 1.60. The van der Waals surface area contributed by atoms with E-state index in [-0.39, 0.29) is 0 Å². The first-order valence-electron chi connectivity index (χ1n) is 5.36. The van der Waals surface area contributed by atoms with Gasteiger partial charge in [0.05, 0.1) is 16.3 Å². The van der Waals surface area contributed by atoms with Gasteiger partial charge in [0, 0.05) is 12.8 Å². The fourth-order valence-corrected chi connectivity index (χ4v) is 2.69. The van der Waals surface area contributed by atoms with Gasteiger partial charge in [-0.1, -0.05) is 13.8 Å². The molecule has 1 rings (SSSR count). The van der Waals surface area contributed by atoms with Crippen LogP contribution in [-0.2, 0) is 7.05 Å². The van der Waals surface area contributed by atoms with Crippen molar-refractivity contribution in [1.82, 2.24) is 9.78 Å². The molecule has 0 unspecified atom stereocenters. The third-order valence-corrected chi connectivity index (χ3v) is 4.12. The van der Waals surface area contributed by atoms with Gasteiger partial charge in [-0.15, -0.1) is 11.8 Å². The predicted molar refractivity (Wildman–Crippen MR) is 64.2 cm³/mol. The Labute approximate surface area is 95.9 Å². The number of rotatable bonds is 5. The normalized spacial score (nSPS) is 12.1. The lowest BCUT2D eigenvalue weighted by molar-refractivity contribution is 0.0571. The third-order valence-electron chi connectivity index (χ3n) is 2.76. The van der Waals surface area contributed by atoms with E-state index in [4.69, 9.17) is 0 Å². The maximum atomic E-state index is 10.1. The highest BCUT2D eigenvalue weighted by Crippen LogP contribution is 2.26. The van der Waals surface area contributed by atoms with E-state index in [2.05, 4.69) is 11.2 Å². The first-order valence-corrected chi connectivity index (χ1v) is 6.35. The zero-order valence-electron chi connectivity index (χ0n) is 9.95. The Balaban J connectivity index is 2.60. The van der Waals surface area contributed by atoms with Crippen LogP contribution in [0.5, 0.6) is 0 Å². The van der Waals surface area contributed by atoms with Crippen LogP contribution in [0, 0.1) is 6.92 Å². The number of hydrogen-bond acceptors (Lipinski definition) is 3. The lowest BCUT2D eigenvalue weighted by Gasteiger charge is -2.24. The summed E-state index contributed by atoms with van der Waals surface area (Å²) in [5.41, 5.74) is 0.486. The van der Waals surface area contributed by atoms with Gasteiger partial charge in [-0.3, -0.25) is 4.68 Å². The van der Waals surface area contributed by atoms with Crippen LogP contribution in [0.1, 0.15) is 32.4 Å². The largest absolute Gasteiger partial charge is 0.389 e. The van der Waals surface area contributed by atoms with Gasteiger partial charge in [0.25, 0.3) is 0 Å². The minimum atomic E-state index is -0.539. The van der Waals surface area contributed by atoms with E-state index in [0.29, 0.717) is 0 Å². The molecule has 0 spiro atoms. The van der Waals surface area contributed by atoms with E-state index in [9.17, 15) is 5.11 Å². The monoisotopic (exact) mass is 228 g/mol. The molecule has 1 aromatic heterocycles. The highest BCUT2D eigenvalue weighted by atomic mass is 32.2. The highest BCUT2D eigenvalue weighted by Gasteiger charge is 2.22. The summed E-state index contributed by atoms with van der Waals surface area (Å²) in [5, 5.41) is 15.5. The Bertz CT molecular complexity index is 318. The summed E-state index contributed by atoms with van der Waals surface area (Å²) < 4.78 is 1.87. The van der Waals surface area contributed by atoms with Gasteiger partial charge in [0.2, 0.25) is 0 Å². The molecule has 0 aliphatic rings. The number of hydrogen-bond donors (Lipinski definition) is 1. The molecule has 0 atom stereocenters. The average molecular weight is 228 g/mol. The number of aliphatic hydroxyl groups is 1. The van der Waals surface area contributed by atoms with Crippen LogP contribution in [0.15, 0.2) is 11.1 Å². The molecule has 0 aromatic carbocycles. The molecule has 0 fully saturated rings. The van der Waals surface area contributed by atoms with Gasteiger partial charge in [-0.05, 0) is 25.8 Å². The van der Waals surface area contributed by atoms with Crippen LogP contribution in [0.2, 0.25) is 0 Å². The zero-order valence-corrected chi connectivity index (χ0v) is 10.8. The summed E-state index contributed by atoms with van der Waals surface area (Å²) in [6.45, 7) is 6.03. The number of aryl methyl sites for hydroxylation is 2. The van der Waals surface area contributed by atoms with Crippen molar-refractivity contribution in [3.63, 3.8) is 0 Å². The van der Waals surface area contributed by atoms with Crippen molar-refractivity contribution in [3.8, 4) is 0 Å². The summed E-state index contributed by atoms with van der Waals surface area (Å²) in [4.78, 5) is 0. The number of thioether (sulfide) groups is 1. The average Bonchev–Trinajstić information content (AvgIpc) is 2.54. The van der Waals surface area contributed by atoms with Crippen LogP contribution in [0.3, 0.4) is 0 Å². The van der Waals surface area contributed by atoms with E-state index in [1.807, 2.05) is 32.5 Å². The minimum Gasteiger partial charge on any atom is -0.389 e. The first kappa shape index (κ1) is 12.6. The molecule has 0 saturated carbocycles. The summed E-state index contributed by atoms with van der Waals surface area (Å²) in [6, 6.07) is 2.05. The second-order valence-corrected chi connectivity index (χ2v) is 4.96. The second-order valence-electron chi connectivity index (χ2n) is 3.97. The van der Waals surface area contributed by atoms with E-state index in [1.165, 1.54) is 0 Å². The highest BCUT2D eigenvalue weighted by molar-refractivity contribution is 7.99. The standard InChI is InChI=1S/C11H20N2OS/c1-5-11(14,6-2)8-15-10-7-9(3)12-13(10)4/h7,14H,5-6,8H2,1-4H3. The molecule has 0 aliphatic carbocycles. The molecule has 15 heavy (non-hydrogen) atoms. The Morgan fingerprint density at radius 2 is 2.07 bits per heavy atom. The van der Waals surface area contributed by atoms with Gasteiger partial charge < -0.3 is 5.11 Å². The second kappa shape index (κ2) is 5.03. The van der Waals surface area contributed by atoms with Crippen molar-refractivity contribution in [2.24, 2.45) is 7.05 Å². The van der Waals surface area contributed by atoms with Gasteiger partial charge in [-0.2, -0.15) is 5.10 Å². The Morgan fingerprint density at radius 1 is 1.47 bits per heavy atom. The molecule has 0 saturated heterocycles. The maximum absolute atomic E-state index is 10.1. The molecule has 0 aliphatic heterocycles. The molecule has 1 aromatic rings. The topological polar surface area (TPSA) is 38.1 Å². The smallest absolute Gasteiger partial charge is 0.0940 e. The van der Waals surface area contributed by atoms with Gasteiger partial charge in [0.15, 0.2) is 0 Å². The van der Waals surface area contributed by atoms with E-state index >= 15 is 0 Å². The molecule has 4 heteroatoms. The van der Waals surface area contributed by atoms with Crippen LogP contribution in [0.25, 0.3) is 0 Å². The molecule has 1 N–H and O–H groups in total. The Hall–Kier alpha value is -0.480. The van der Waals surface area contributed by atoms with Gasteiger partial charge >= 0.3 is 0 Å². The number of aromatic nitrogens is 2. The number of nitrogens with zero attached hydrogens (tertiary/aromatic N) is 2. The molecule has 0 radical (unpaired) electrons. The molecule has 0 amide bonds. The summed E-state index contributed by atoms with van der Waals surface area (Å²) >= 11 is 1.67. The van der Waals surface area contributed by atoms with Crippen molar-refractivity contribution in [2.45, 2.75) is 44.2 Å². The zero-order chi connectivity index (χ0) is 11.5. The molecular weight excluding hydrogens is 208 g/mol. The third kappa shape index (κ3) is 3.24.